The molecule has 3 rings (SSSR count). The maximum atomic E-state index is 12.9. The first-order valence-corrected chi connectivity index (χ1v) is 11.2. The van der Waals surface area contributed by atoms with E-state index < -0.39 is 5.60 Å². The fraction of sp³-hybridized carbons (Fsp3) is 0.708. The van der Waals surface area contributed by atoms with Gasteiger partial charge in [-0.2, -0.15) is 0 Å². The zero-order valence-electron chi connectivity index (χ0n) is 18.6. The third kappa shape index (κ3) is 5.95. The summed E-state index contributed by atoms with van der Waals surface area (Å²) in [7, 11) is 1.65. The van der Waals surface area contributed by atoms with Crippen molar-refractivity contribution in [2.45, 2.75) is 58.5 Å². The van der Waals surface area contributed by atoms with E-state index in [-0.39, 0.29) is 5.91 Å². The molecule has 5 nitrogen and oxygen atoms in total. The summed E-state index contributed by atoms with van der Waals surface area (Å²) in [5.74, 6) is 2.85. The van der Waals surface area contributed by atoms with Crippen LogP contribution in [0.5, 0.6) is 5.75 Å². The van der Waals surface area contributed by atoms with E-state index in [9.17, 15) is 4.79 Å². The Morgan fingerprint density at radius 2 is 1.83 bits per heavy atom. The molecule has 1 amide bonds. The highest BCUT2D eigenvalue weighted by Gasteiger charge is 2.42. The van der Waals surface area contributed by atoms with E-state index in [1.165, 1.54) is 25.9 Å². The lowest BCUT2D eigenvalue weighted by Crippen LogP contribution is -2.47. The predicted molar refractivity (Wildman–Crippen MR) is 117 cm³/mol. The van der Waals surface area contributed by atoms with Gasteiger partial charge in [0.15, 0.2) is 0 Å². The third-order valence-electron chi connectivity index (χ3n) is 6.49. The number of anilines is 1. The molecule has 1 aromatic carbocycles. The van der Waals surface area contributed by atoms with Gasteiger partial charge in [-0.05, 0) is 67.7 Å². The number of methoxy groups -OCH3 is 1. The van der Waals surface area contributed by atoms with Gasteiger partial charge in [0, 0.05) is 32.4 Å². The number of hydrogen-bond acceptors (Lipinski definition) is 4. The summed E-state index contributed by atoms with van der Waals surface area (Å²) < 4.78 is 11.6. The first-order chi connectivity index (χ1) is 13.9. The molecule has 1 aliphatic carbocycles. The molecule has 1 saturated heterocycles. The van der Waals surface area contributed by atoms with Gasteiger partial charge in [0.25, 0.3) is 5.91 Å². The van der Waals surface area contributed by atoms with Gasteiger partial charge in [-0.15, -0.1) is 0 Å². The fourth-order valence-electron chi connectivity index (χ4n) is 5.13. The highest BCUT2D eigenvalue weighted by atomic mass is 16.5. The number of benzene rings is 1. The molecule has 1 saturated carbocycles. The van der Waals surface area contributed by atoms with Gasteiger partial charge < -0.3 is 14.8 Å². The van der Waals surface area contributed by atoms with Gasteiger partial charge in [0.05, 0.1) is 0 Å². The number of nitrogens with zero attached hydrogens (tertiary/aromatic N) is 1. The number of carbonyl (C=O) groups excluding carboxylic acids is 1. The van der Waals surface area contributed by atoms with Crippen LogP contribution in [0, 0.1) is 17.8 Å². The van der Waals surface area contributed by atoms with E-state index in [1.807, 2.05) is 24.3 Å². The molecule has 4 atom stereocenters. The molecular formula is C24H38N2O3. The minimum Gasteiger partial charge on any atom is -0.492 e. The molecule has 0 bridgehead atoms. The Kier molecular flexibility index (Phi) is 7.58. The molecule has 29 heavy (non-hydrogen) atoms. The second-order valence-corrected chi connectivity index (χ2v) is 9.43. The highest BCUT2D eigenvalue weighted by molar-refractivity contribution is 5.97. The quantitative estimate of drug-likeness (QED) is 0.725. The number of amides is 1. The van der Waals surface area contributed by atoms with E-state index in [2.05, 4.69) is 31.0 Å². The van der Waals surface area contributed by atoms with Crippen molar-refractivity contribution in [3.05, 3.63) is 24.3 Å². The minimum absolute atomic E-state index is 0.0337. The second kappa shape index (κ2) is 9.94. The Bertz CT molecular complexity index is 653. The number of rotatable bonds is 7. The summed E-state index contributed by atoms with van der Waals surface area (Å²) in [4.78, 5) is 15.4. The van der Waals surface area contributed by atoms with Gasteiger partial charge in [0.2, 0.25) is 0 Å². The average Bonchev–Trinajstić information content (AvgIpc) is 2.68. The molecule has 1 aromatic rings. The Balaban J connectivity index is 1.48. The van der Waals surface area contributed by atoms with E-state index in [0.29, 0.717) is 12.5 Å². The highest BCUT2D eigenvalue weighted by Crippen LogP contribution is 2.35. The van der Waals surface area contributed by atoms with Crippen LogP contribution in [0.3, 0.4) is 0 Å². The first kappa shape index (κ1) is 22.1. The summed E-state index contributed by atoms with van der Waals surface area (Å²) in [6.07, 6.45) is 5.09. The van der Waals surface area contributed by atoms with Crippen molar-refractivity contribution in [1.82, 2.24) is 4.90 Å². The van der Waals surface area contributed by atoms with Crippen LogP contribution in [0.25, 0.3) is 0 Å². The lowest BCUT2D eigenvalue weighted by atomic mass is 9.78. The Morgan fingerprint density at radius 1 is 1.14 bits per heavy atom. The van der Waals surface area contributed by atoms with Gasteiger partial charge in [-0.3, -0.25) is 9.69 Å². The van der Waals surface area contributed by atoms with Crippen LogP contribution in [0.4, 0.5) is 5.69 Å². The van der Waals surface area contributed by atoms with E-state index in [1.54, 1.807) is 7.11 Å². The van der Waals surface area contributed by atoms with Crippen LogP contribution in [-0.4, -0.2) is 49.8 Å². The van der Waals surface area contributed by atoms with Crippen molar-refractivity contribution in [3.8, 4) is 5.75 Å². The van der Waals surface area contributed by atoms with Crippen molar-refractivity contribution >= 4 is 11.6 Å². The van der Waals surface area contributed by atoms with Crippen LogP contribution < -0.4 is 10.1 Å². The Labute approximate surface area is 176 Å². The third-order valence-corrected chi connectivity index (χ3v) is 6.49. The van der Waals surface area contributed by atoms with E-state index in [4.69, 9.17) is 9.47 Å². The van der Waals surface area contributed by atoms with Crippen molar-refractivity contribution < 1.29 is 14.3 Å². The zero-order chi connectivity index (χ0) is 20.9. The summed E-state index contributed by atoms with van der Waals surface area (Å²) in [5.41, 5.74) is 0.0888. The molecule has 1 N–H and O–H groups in total. The van der Waals surface area contributed by atoms with Crippen molar-refractivity contribution in [3.63, 3.8) is 0 Å². The van der Waals surface area contributed by atoms with Gasteiger partial charge >= 0.3 is 0 Å². The Hall–Kier alpha value is -1.59. The molecule has 0 unspecified atom stereocenters. The second-order valence-electron chi connectivity index (χ2n) is 9.43. The molecule has 0 spiro atoms. The van der Waals surface area contributed by atoms with Gasteiger partial charge in [-0.25, -0.2) is 0 Å². The van der Waals surface area contributed by atoms with Crippen LogP contribution >= 0.6 is 0 Å². The van der Waals surface area contributed by atoms with E-state index >= 15 is 0 Å². The summed E-state index contributed by atoms with van der Waals surface area (Å²) in [6.45, 7) is 10.8. The molecule has 1 heterocycles. The number of piperidine rings is 1. The molecule has 2 fully saturated rings. The number of nitrogens with one attached hydrogen (secondary N) is 1. The fourth-order valence-corrected chi connectivity index (χ4v) is 5.13. The van der Waals surface area contributed by atoms with Crippen molar-refractivity contribution in [1.29, 1.82) is 0 Å². The van der Waals surface area contributed by atoms with Crippen molar-refractivity contribution in [2.75, 3.05) is 38.7 Å². The Morgan fingerprint density at radius 3 is 2.45 bits per heavy atom. The summed E-state index contributed by atoms with van der Waals surface area (Å²) >= 11 is 0. The van der Waals surface area contributed by atoms with Gasteiger partial charge in [0.1, 0.15) is 18.0 Å². The maximum absolute atomic E-state index is 12.9. The molecular weight excluding hydrogens is 364 g/mol. The topological polar surface area (TPSA) is 50.8 Å². The summed E-state index contributed by atoms with van der Waals surface area (Å²) in [5, 5.41) is 3.04. The average molecular weight is 403 g/mol. The van der Waals surface area contributed by atoms with Crippen LogP contribution in [0.2, 0.25) is 0 Å². The normalized spacial score (nSPS) is 30.7. The summed E-state index contributed by atoms with van der Waals surface area (Å²) in [6, 6.07) is 7.68. The molecule has 162 valence electrons. The van der Waals surface area contributed by atoms with Crippen molar-refractivity contribution in [2.24, 2.45) is 17.8 Å². The number of hydrogen-bond donors (Lipinski definition) is 1. The lowest BCUT2D eigenvalue weighted by Gasteiger charge is -2.37. The zero-order valence-corrected chi connectivity index (χ0v) is 18.6. The lowest BCUT2D eigenvalue weighted by molar-refractivity contribution is -0.143. The standard InChI is InChI=1S/C24H38N2O3/c1-18-6-5-11-24(15-18,28-4)23(27)25-21-7-9-22(10-8-21)29-13-12-26-16-19(2)14-20(3)17-26/h7-10,18-20H,5-6,11-17H2,1-4H3,(H,25,27)/t18-,19+,20+,24+/m0/s1. The maximum Gasteiger partial charge on any atom is 0.256 e. The largest absolute Gasteiger partial charge is 0.492 e. The SMILES string of the molecule is CO[C@]1(C(=O)Nc2ccc(OCCN3C[C@H](C)C[C@@H](C)C3)cc2)CCC[C@H](C)C1. The molecule has 0 radical (unpaired) electrons. The molecule has 5 heteroatoms. The van der Waals surface area contributed by atoms with E-state index in [0.717, 1.165) is 49.1 Å². The molecule has 1 aliphatic heterocycles. The van der Waals surface area contributed by atoms with Gasteiger partial charge in [-0.1, -0.05) is 27.2 Å². The monoisotopic (exact) mass is 402 g/mol. The van der Waals surface area contributed by atoms with Crippen LogP contribution in [0.1, 0.15) is 52.9 Å². The molecule has 0 aromatic heterocycles. The minimum atomic E-state index is -0.699. The van der Waals surface area contributed by atoms with Crippen LogP contribution in [0.15, 0.2) is 24.3 Å². The first-order valence-electron chi connectivity index (χ1n) is 11.2. The molecule has 2 aliphatic rings. The number of carbonyl (C=O) groups is 1. The van der Waals surface area contributed by atoms with Crippen LogP contribution in [-0.2, 0) is 9.53 Å². The smallest absolute Gasteiger partial charge is 0.256 e. The number of ether oxygens (including phenoxy) is 2. The number of likely N-dealkylation sites (tertiary alicyclic amines) is 1. The predicted octanol–water partition coefficient (Wildman–Crippen LogP) is 4.58.